The summed E-state index contributed by atoms with van der Waals surface area (Å²) >= 11 is 6.88. The first-order valence-electron chi connectivity index (χ1n) is 7.96. The van der Waals surface area contributed by atoms with Crippen molar-refractivity contribution in [1.82, 2.24) is 0 Å². The molecule has 0 heterocycles. The third-order valence-corrected chi connectivity index (χ3v) is 4.83. The number of ketones is 1. The zero-order chi connectivity index (χ0) is 20.0. The van der Waals surface area contributed by atoms with Crippen molar-refractivity contribution in [3.63, 3.8) is 0 Å². The minimum absolute atomic E-state index is 0.0269. The van der Waals surface area contributed by atoms with E-state index in [2.05, 4.69) is 5.32 Å². The second-order valence-electron chi connectivity index (χ2n) is 5.65. The number of carbonyl (C=O) groups excluding carboxylic acids is 3. The number of Topliss-reactive ketones (excluding diaryl/α,β-unsaturated/α-hetero) is 1. The van der Waals surface area contributed by atoms with Crippen LogP contribution in [0.3, 0.4) is 0 Å². The summed E-state index contributed by atoms with van der Waals surface area (Å²) in [4.78, 5) is 36.3. The number of hydrogen-bond donors (Lipinski definition) is 1. The lowest BCUT2D eigenvalue weighted by Gasteiger charge is -2.15. The average Bonchev–Trinajstić information content (AvgIpc) is 2.62. The standard InChI is InChI=1S/C19H17ClFNO4S/c1-11(23)10-27-17-6-4-3-5-14(17)19(25)26-12(2)18(24)22-16-8-7-13(20)9-15(16)21/h3-9,12H,10H2,1-2H3,(H,22,24)/t12-/m0/s1. The molecule has 0 saturated carbocycles. The first kappa shape index (κ1) is 20.9. The van der Waals surface area contributed by atoms with Gasteiger partial charge in [-0.1, -0.05) is 23.7 Å². The maximum Gasteiger partial charge on any atom is 0.340 e. The van der Waals surface area contributed by atoms with Gasteiger partial charge >= 0.3 is 5.97 Å². The Hall–Kier alpha value is -2.38. The molecule has 0 bridgehead atoms. The number of anilines is 1. The van der Waals surface area contributed by atoms with E-state index < -0.39 is 23.8 Å². The molecule has 2 rings (SSSR count). The molecular formula is C19H17ClFNO4S. The summed E-state index contributed by atoms with van der Waals surface area (Å²) in [6.45, 7) is 2.84. The lowest BCUT2D eigenvalue weighted by Crippen LogP contribution is -2.30. The predicted octanol–water partition coefficient (Wildman–Crippen LogP) is 4.34. The molecule has 8 heteroatoms. The number of amides is 1. The Bertz CT molecular complexity index is 875. The van der Waals surface area contributed by atoms with Crippen LogP contribution in [-0.2, 0) is 14.3 Å². The summed E-state index contributed by atoms with van der Waals surface area (Å²) in [5.74, 6) is -1.89. The van der Waals surface area contributed by atoms with Gasteiger partial charge < -0.3 is 10.1 Å². The topological polar surface area (TPSA) is 72.5 Å². The smallest absolute Gasteiger partial charge is 0.340 e. The first-order chi connectivity index (χ1) is 12.8. The van der Waals surface area contributed by atoms with Gasteiger partial charge in [0.2, 0.25) is 0 Å². The highest BCUT2D eigenvalue weighted by Gasteiger charge is 2.22. The molecule has 27 heavy (non-hydrogen) atoms. The number of halogens is 2. The zero-order valence-electron chi connectivity index (χ0n) is 14.6. The van der Waals surface area contributed by atoms with Gasteiger partial charge in [0.25, 0.3) is 5.91 Å². The van der Waals surface area contributed by atoms with E-state index in [0.717, 1.165) is 6.07 Å². The van der Waals surface area contributed by atoms with Crippen LogP contribution in [0.2, 0.25) is 5.02 Å². The van der Waals surface area contributed by atoms with Crippen LogP contribution in [-0.4, -0.2) is 29.5 Å². The van der Waals surface area contributed by atoms with Gasteiger partial charge in [-0.15, -0.1) is 11.8 Å². The molecule has 0 aromatic heterocycles. The maximum absolute atomic E-state index is 13.8. The summed E-state index contributed by atoms with van der Waals surface area (Å²) in [6, 6.07) is 10.4. The quantitative estimate of drug-likeness (QED) is 0.544. The highest BCUT2D eigenvalue weighted by atomic mass is 35.5. The SMILES string of the molecule is CC(=O)CSc1ccccc1C(=O)O[C@@H](C)C(=O)Nc1ccc(Cl)cc1F. The highest BCUT2D eigenvalue weighted by Crippen LogP contribution is 2.24. The summed E-state index contributed by atoms with van der Waals surface area (Å²) in [7, 11) is 0. The van der Waals surface area contributed by atoms with E-state index in [-0.39, 0.29) is 27.8 Å². The summed E-state index contributed by atoms with van der Waals surface area (Å²) in [5.41, 5.74) is 0.186. The number of thioether (sulfide) groups is 1. The molecular weight excluding hydrogens is 393 g/mol. The van der Waals surface area contributed by atoms with Crippen LogP contribution in [0, 0.1) is 5.82 Å². The van der Waals surface area contributed by atoms with Gasteiger partial charge in [-0.05, 0) is 44.2 Å². The van der Waals surface area contributed by atoms with Crippen LogP contribution in [0.15, 0.2) is 47.4 Å². The van der Waals surface area contributed by atoms with E-state index in [9.17, 15) is 18.8 Å². The van der Waals surface area contributed by atoms with Crippen LogP contribution in [0.25, 0.3) is 0 Å². The minimum Gasteiger partial charge on any atom is -0.449 e. The first-order valence-corrected chi connectivity index (χ1v) is 9.32. The van der Waals surface area contributed by atoms with E-state index in [1.807, 2.05) is 0 Å². The number of hydrogen-bond acceptors (Lipinski definition) is 5. The van der Waals surface area contributed by atoms with Crippen molar-refractivity contribution in [3.8, 4) is 0 Å². The molecule has 0 aliphatic rings. The van der Waals surface area contributed by atoms with Gasteiger partial charge in [-0.25, -0.2) is 9.18 Å². The Labute approximate surface area is 165 Å². The molecule has 1 amide bonds. The van der Waals surface area contributed by atoms with Crippen LogP contribution in [0.5, 0.6) is 0 Å². The van der Waals surface area contributed by atoms with Gasteiger partial charge in [0, 0.05) is 9.92 Å². The van der Waals surface area contributed by atoms with Gasteiger partial charge in [0.15, 0.2) is 6.10 Å². The van der Waals surface area contributed by atoms with Crippen LogP contribution >= 0.6 is 23.4 Å². The van der Waals surface area contributed by atoms with Crippen LogP contribution in [0.1, 0.15) is 24.2 Å². The van der Waals surface area contributed by atoms with E-state index in [1.54, 1.807) is 24.3 Å². The fraction of sp³-hybridized carbons (Fsp3) is 0.211. The number of rotatable bonds is 7. The fourth-order valence-electron chi connectivity index (χ4n) is 2.04. The Morgan fingerprint density at radius 3 is 2.59 bits per heavy atom. The molecule has 5 nitrogen and oxygen atoms in total. The van der Waals surface area contributed by atoms with E-state index >= 15 is 0 Å². The van der Waals surface area contributed by atoms with E-state index in [4.69, 9.17) is 16.3 Å². The molecule has 1 atom stereocenters. The van der Waals surface area contributed by atoms with Crippen molar-refractivity contribution < 1.29 is 23.5 Å². The van der Waals surface area contributed by atoms with Gasteiger partial charge in [0.1, 0.15) is 11.6 Å². The number of ether oxygens (including phenoxy) is 1. The molecule has 0 radical (unpaired) electrons. The number of benzene rings is 2. The molecule has 2 aromatic rings. The van der Waals surface area contributed by atoms with Crippen molar-refractivity contribution >= 4 is 46.7 Å². The monoisotopic (exact) mass is 409 g/mol. The Morgan fingerprint density at radius 1 is 1.22 bits per heavy atom. The van der Waals surface area contributed by atoms with Crippen molar-refractivity contribution in [2.45, 2.75) is 24.8 Å². The molecule has 0 unspecified atom stereocenters. The van der Waals surface area contributed by atoms with Gasteiger partial charge in [-0.3, -0.25) is 9.59 Å². The Balaban J connectivity index is 2.04. The molecule has 0 saturated heterocycles. The second-order valence-corrected chi connectivity index (χ2v) is 7.10. The number of nitrogens with one attached hydrogen (secondary N) is 1. The average molecular weight is 410 g/mol. The summed E-state index contributed by atoms with van der Waals surface area (Å²) in [5, 5.41) is 2.55. The van der Waals surface area contributed by atoms with Crippen LogP contribution in [0.4, 0.5) is 10.1 Å². The normalized spacial score (nSPS) is 11.6. The third kappa shape index (κ3) is 6.08. The fourth-order valence-corrected chi connectivity index (χ4v) is 3.04. The van der Waals surface area contributed by atoms with Gasteiger partial charge in [0.05, 0.1) is 17.0 Å². The number of esters is 1. The molecule has 0 aliphatic carbocycles. The largest absolute Gasteiger partial charge is 0.449 e. The van der Waals surface area contributed by atoms with E-state index in [1.165, 1.54) is 37.7 Å². The summed E-state index contributed by atoms with van der Waals surface area (Å²) in [6.07, 6.45) is -1.15. The molecule has 142 valence electrons. The van der Waals surface area contributed by atoms with Crippen molar-refractivity contribution in [2.75, 3.05) is 11.1 Å². The number of carbonyl (C=O) groups is 3. The predicted molar refractivity (Wildman–Crippen MR) is 103 cm³/mol. The molecule has 2 aromatic carbocycles. The third-order valence-electron chi connectivity index (χ3n) is 3.38. The summed E-state index contributed by atoms with van der Waals surface area (Å²) < 4.78 is 19.0. The molecule has 0 spiro atoms. The Kier molecular flexibility index (Phi) is 7.38. The van der Waals surface area contributed by atoms with Crippen molar-refractivity contribution in [2.24, 2.45) is 0 Å². The second kappa shape index (κ2) is 9.53. The lowest BCUT2D eigenvalue weighted by atomic mass is 10.2. The van der Waals surface area contributed by atoms with E-state index in [0.29, 0.717) is 4.90 Å². The maximum atomic E-state index is 13.8. The van der Waals surface area contributed by atoms with Gasteiger partial charge in [-0.2, -0.15) is 0 Å². The highest BCUT2D eigenvalue weighted by molar-refractivity contribution is 8.00. The minimum atomic E-state index is -1.15. The zero-order valence-corrected chi connectivity index (χ0v) is 16.2. The molecule has 0 fully saturated rings. The molecule has 0 aliphatic heterocycles. The Morgan fingerprint density at radius 2 is 1.93 bits per heavy atom. The van der Waals surface area contributed by atoms with Crippen molar-refractivity contribution in [3.05, 3.63) is 58.9 Å². The lowest BCUT2D eigenvalue weighted by molar-refractivity contribution is -0.123. The van der Waals surface area contributed by atoms with Crippen LogP contribution < -0.4 is 5.32 Å². The molecule has 1 N–H and O–H groups in total. The van der Waals surface area contributed by atoms with Crippen molar-refractivity contribution in [1.29, 1.82) is 0 Å².